The number of hydrogen-bond acceptors (Lipinski definition) is 3. The van der Waals surface area contributed by atoms with Crippen molar-refractivity contribution >= 4 is 21.7 Å². The summed E-state index contributed by atoms with van der Waals surface area (Å²) in [5.41, 5.74) is 0. The van der Waals surface area contributed by atoms with Crippen LogP contribution in [-0.4, -0.2) is 29.2 Å². The molecule has 3 nitrogen and oxygen atoms in total. The van der Waals surface area contributed by atoms with E-state index in [1.165, 1.54) is 6.20 Å². The van der Waals surface area contributed by atoms with Crippen LogP contribution in [0.2, 0.25) is 0 Å². The molecule has 1 heterocycles. The van der Waals surface area contributed by atoms with Crippen molar-refractivity contribution in [1.29, 1.82) is 0 Å². The Bertz CT molecular complexity index is 292. The number of nitrogens with one attached hydrogen (secondary N) is 1. The van der Waals surface area contributed by atoms with Gasteiger partial charge in [-0.15, -0.1) is 0 Å². The Kier molecular flexibility index (Phi) is 3.77. The molecule has 0 radical (unpaired) electrons. The van der Waals surface area contributed by atoms with E-state index in [4.69, 9.17) is 5.11 Å². The van der Waals surface area contributed by atoms with Crippen molar-refractivity contribution < 1.29 is 13.9 Å². The van der Waals surface area contributed by atoms with E-state index in [0.717, 1.165) is 4.47 Å². The number of aliphatic hydroxyl groups excluding tert-OH is 1. The van der Waals surface area contributed by atoms with E-state index in [9.17, 15) is 8.78 Å². The molecule has 0 fully saturated rings. The average molecular weight is 267 g/mol. The van der Waals surface area contributed by atoms with Crippen LogP contribution in [0.4, 0.5) is 14.6 Å². The van der Waals surface area contributed by atoms with E-state index < -0.39 is 19.1 Å². The third kappa shape index (κ3) is 3.55. The highest BCUT2D eigenvalue weighted by Crippen LogP contribution is 2.14. The molecule has 0 saturated heterocycles. The standard InChI is InChI=1S/C8H9BrF2N2O/c9-6-1-2-7(12-3-6)13-4-8(10,11)5-14/h1-3,14H,4-5H2,(H,12,13). The molecule has 1 aromatic heterocycles. The van der Waals surface area contributed by atoms with Gasteiger partial charge in [-0.2, -0.15) is 0 Å². The monoisotopic (exact) mass is 266 g/mol. The van der Waals surface area contributed by atoms with Crippen LogP contribution in [0.3, 0.4) is 0 Å². The highest BCUT2D eigenvalue weighted by molar-refractivity contribution is 9.10. The summed E-state index contributed by atoms with van der Waals surface area (Å²) >= 11 is 3.17. The van der Waals surface area contributed by atoms with Crippen LogP contribution >= 0.6 is 15.9 Å². The number of pyridine rings is 1. The van der Waals surface area contributed by atoms with Crippen LogP contribution < -0.4 is 5.32 Å². The number of nitrogens with zero attached hydrogens (tertiary/aromatic N) is 1. The Morgan fingerprint density at radius 1 is 1.50 bits per heavy atom. The topological polar surface area (TPSA) is 45.1 Å². The fraction of sp³-hybridized carbons (Fsp3) is 0.375. The lowest BCUT2D eigenvalue weighted by Crippen LogP contribution is -2.31. The lowest BCUT2D eigenvalue weighted by molar-refractivity contribution is -0.0373. The van der Waals surface area contributed by atoms with Crippen molar-refractivity contribution in [3.63, 3.8) is 0 Å². The summed E-state index contributed by atoms with van der Waals surface area (Å²) < 4.78 is 25.9. The largest absolute Gasteiger partial charge is 0.390 e. The first-order valence-corrected chi connectivity index (χ1v) is 4.67. The van der Waals surface area contributed by atoms with Gasteiger partial charge in [-0.1, -0.05) is 0 Å². The molecule has 0 aromatic carbocycles. The SMILES string of the molecule is OCC(F)(F)CNc1ccc(Br)cn1. The predicted octanol–water partition coefficient (Wildman–Crippen LogP) is 1.88. The molecule has 0 bridgehead atoms. The Morgan fingerprint density at radius 3 is 2.71 bits per heavy atom. The van der Waals surface area contributed by atoms with Crippen molar-refractivity contribution in [3.8, 4) is 0 Å². The zero-order chi connectivity index (χ0) is 10.6. The molecule has 1 aromatic rings. The van der Waals surface area contributed by atoms with Gasteiger partial charge in [0.05, 0.1) is 6.54 Å². The summed E-state index contributed by atoms with van der Waals surface area (Å²) in [6.07, 6.45) is 1.50. The first-order valence-electron chi connectivity index (χ1n) is 3.87. The molecule has 0 aliphatic carbocycles. The summed E-state index contributed by atoms with van der Waals surface area (Å²) in [6.45, 7) is -1.80. The number of aliphatic hydroxyl groups is 1. The van der Waals surface area contributed by atoms with Crippen LogP contribution in [0.15, 0.2) is 22.8 Å². The molecule has 0 atom stereocenters. The minimum Gasteiger partial charge on any atom is -0.390 e. The molecule has 0 aliphatic rings. The average Bonchev–Trinajstić information content (AvgIpc) is 2.17. The van der Waals surface area contributed by atoms with Crippen LogP contribution in [0, 0.1) is 0 Å². The minimum atomic E-state index is -3.12. The Balaban J connectivity index is 2.50. The number of anilines is 1. The maximum Gasteiger partial charge on any atom is 0.287 e. The van der Waals surface area contributed by atoms with Gasteiger partial charge in [-0.3, -0.25) is 0 Å². The van der Waals surface area contributed by atoms with Crippen molar-refractivity contribution in [2.24, 2.45) is 0 Å². The summed E-state index contributed by atoms with van der Waals surface area (Å²) in [4.78, 5) is 3.84. The van der Waals surface area contributed by atoms with Gasteiger partial charge in [0.15, 0.2) is 0 Å². The number of rotatable bonds is 4. The Hall–Kier alpha value is -0.750. The highest BCUT2D eigenvalue weighted by atomic mass is 79.9. The summed E-state index contributed by atoms with van der Waals surface area (Å²) in [6, 6.07) is 3.25. The fourth-order valence-corrected chi connectivity index (χ4v) is 0.991. The third-order valence-corrected chi connectivity index (χ3v) is 1.96. The van der Waals surface area contributed by atoms with Crippen LogP contribution in [0.1, 0.15) is 0 Å². The van der Waals surface area contributed by atoms with Crippen molar-refractivity contribution in [3.05, 3.63) is 22.8 Å². The van der Waals surface area contributed by atoms with Gasteiger partial charge < -0.3 is 10.4 Å². The van der Waals surface area contributed by atoms with Crippen molar-refractivity contribution in [1.82, 2.24) is 4.98 Å². The van der Waals surface area contributed by atoms with Gasteiger partial charge in [0.25, 0.3) is 5.92 Å². The first kappa shape index (κ1) is 11.3. The number of aromatic nitrogens is 1. The third-order valence-electron chi connectivity index (χ3n) is 1.49. The van der Waals surface area contributed by atoms with Gasteiger partial charge in [0, 0.05) is 10.7 Å². The van der Waals surface area contributed by atoms with Crippen molar-refractivity contribution in [2.75, 3.05) is 18.5 Å². The molecule has 0 spiro atoms. The van der Waals surface area contributed by atoms with Gasteiger partial charge in [-0.05, 0) is 28.1 Å². The van der Waals surface area contributed by atoms with E-state index in [-0.39, 0.29) is 0 Å². The molecular formula is C8H9BrF2N2O. The lowest BCUT2D eigenvalue weighted by atomic mass is 10.3. The van der Waals surface area contributed by atoms with E-state index in [0.29, 0.717) is 5.82 Å². The smallest absolute Gasteiger partial charge is 0.287 e. The van der Waals surface area contributed by atoms with Gasteiger partial charge in [-0.25, -0.2) is 13.8 Å². The zero-order valence-electron chi connectivity index (χ0n) is 7.17. The maximum atomic E-state index is 12.6. The predicted molar refractivity (Wildman–Crippen MR) is 52.5 cm³/mol. The Morgan fingerprint density at radius 2 is 2.21 bits per heavy atom. The van der Waals surface area contributed by atoms with Gasteiger partial charge in [0.1, 0.15) is 12.4 Å². The molecule has 2 N–H and O–H groups in total. The highest BCUT2D eigenvalue weighted by Gasteiger charge is 2.27. The molecule has 78 valence electrons. The normalized spacial score (nSPS) is 11.4. The molecule has 6 heteroatoms. The summed E-state index contributed by atoms with van der Waals surface area (Å²) in [7, 11) is 0. The first-order chi connectivity index (χ1) is 6.53. The molecular weight excluding hydrogens is 258 g/mol. The quantitative estimate of drug-likeness (QED) is 0.875. The van der Waals surface area contributed by atoms with Crippen LogP contribution in [-0.2, 0) is 0 Å². The van der Waals surface area contributed by atoms with Crippen LogP contribution in [0.5, 0.6) is 0 Å². The number of alkyl halides is 2. The van der Waals surface area contributed by atoms with Gasteiger partial charge >= 0.3 is 0 Å². The maximum absolute atomic E-state index is 12.6. The number of hydrogen-bond donors (Lipinski definition) is 2. The summed E-state index contributed by atoms with van der Waals surface area (Å²) in [5.74, 6) is -2.77. The zero-order valence-corrected chi connectivity index (χ0v) is 8.76. The number of halogens is 3. The van der Waals surface area contributed by atoms with E-state index in [1.54, 1.807) is 12.1 Å². The second-order valence-electron chi connectivity index (χ2n) is 2.73. The second-order valence-corrected chi connectivity index (χ2v) is 3.64. The second kappa shape index (κ2) is 4.65. The van der Waals surface area contributed by atoms with E-state index in [2.05, 4.69) is 26.2 Å². The molecule has 1 rings (SSSR count). The molecule has 0 unspecified atom stereocenters. The minimum absolute atomic E-state index is 0.348. The lowest BCUT2D eigenvalue weighted by Gasteiger charge is -2.14. The fourth-order valence-electron chi connectivity index (χ4n) is 0.756. The molecule has 0 amide bonds. The molecule has 0 saturated carbocycles. The van der Waals surface area contributed by atoms with Crippen molar-refractivity contribution in [2.45, 2.75) is 5.92 Å². The van der Waals surface area contributed by atoms with E-state index >= 15 is 0 Å². The van der Waals surface area contributed by atoms with E-state index in [1.807, 2.05) is 0 Å². The summed E-state index contributed by atoms with van der Waals surface area (Å²) in [5, 5.41) is 10.7. The molecule has 14 heavy (non-hydrogen) atoms. The van der Waals surface area contributed by atoms with Gasteiger partial charge in [0.2, 0.25) is 0 Å². The van der Waals surface area contributed by atoms with Crippen LogP contribution in [0.25, 0.3) is 0 Å². The Labute approximate surface area is 88.3 Å². The molecule has 0 aliphatic heterocycles.